The van der Waals surface area contributed by atoms with Crippen molar-refractivity contribution in [3.05, 3.63) is 47.4 Å². The number of pyridine rings is 1. The van der Waals surface area contributed by atoms with Gasteiger partial charge < -0.3 is 10.4 Å². The van der Waals surface area contributed by atoms with Crippen LogP contribution in [0.3, 0.4) is 0 Å². The molecule has 94 valence electrons. The lowest BCUT2D eigenvalue weighted by Crippen LogP contribution is -2.07. The topological polar surface area (TPSA) is 112 Å². The molecular weight excluding hydrogens is 246 g/mol. The second-order valence-corrected chi connectivity index (χ2v) is 3.60. The van der Waals surface area contributed by atoms with Crippen molar-refractivity contribution in [2.24, 2.45) is 0 Å². The Morgan fingerprint density at radius 3 is 3.00 bits per heavy atom. The van der Waals surface area contributed by atoms with Crippen LogP contribution in [0.2, 0.25) is 0 Å². The zero-order valence-electron chi connectivity index (χ0n) is 9.74. The van der Waals surface area contributed by atoms with E-state index in [-0.39, 0.29) is 12.1 Å². The summed E-state index contributed by atoms with van der Waals surface area (Å²) in [7, 11) is 0. The second-order valence-electron chi connectivity index (χ2n) is 3.60. The van der Waals surface area contributed by atoms with Crippen molar-refractivity contribution in [2.75, 3.05) is 5.32 Å². The smallest absolute Gasteiger partial charge is 0.335 e. The van der Waals surface area contributed by atoms with E-state index in [9.17, 15) is 4.79 Å². The van der Waals surface area contributed by atoms with E-state index in [4.69, 9.17) is 10.4 Å². The van der Waals surface area contributed by atoms with Gasteiger partial charge in [-0.3, -0.25) is 4.98 Å². The molecule has 0 aliphatic carbocycles. The molecule has 2 rings (SSSR count). The summed E-state index contributed by atoms with van der Waals surface area (Å²) in [6, 6.07) is 6.39. The third kappa shape index (κ3) is 3.01. The van der Waals surface area contributed by atoms with Gasteiger partial charge >= 0.3 is 5.97 Å². The van der Waals surface area contributed by atoms with Gasteiger partial charge in [0.2, 0.25) is 0 Å². The van der Waals surface area contributed by atoms with Crippen LogP contribution >= 0.6 is 0 Å². The van der Waals surface area contributed by atoms with Gasteiger partial charge in [0, 0.05) is 6.20 Å². The molecule has 2 heterocycles. The van der Waals surface area contributed by atoms with Crippen molar-refractivity contribution >= 4 is 11.8 Å². The molecule has 0 saturated carbocycles. The van der Waals surface area contributed by atoms with Gasteiger partial charge in [-0.15, -0.1) is 5.10 Å². The van der Waals surface area contributed by atoms with Gasteiger partial charge in [0.25, 0.3) is 0 Å². The number of carbonyl (C=O) groups is 1. The quantitative estimate of drug-likeness (QED) is 0.839. The van der Waals surface area contributed by atoms with Crippen molar-refractivity contribution in [2.45, 2.75) is 6.54 Å². The third-order valence-electron chi connectivity index (χ3n) is 2.34. The molecule has 0 unspecified atom stereocenters. The first-order valence-electron chi connectivity index (χ1n) is 5.34. The molecule has 0 aliphatic heterocycles. The fourth-order valence-corrected chi connectivity index (χ4v) is 1.43. The fraction of sp³-hybridized carbons (Fsp3) is 0.0833. The van der Waals surface area contributed by atoms with E-state index in [2.05, 4.69) is 20.5 Å². The van der Waals surface area contributed by atoms with E-state index in [0.29, 0.717) is 17.1 Å². The Bertz CT molecular complexity index is 651. The predicted molar refractivity (Wildman–Crippen MR) is 65.3 cm³/mol. The van der Waals surface area contributed by atoms with E-state index in [1.165, 1.54) is 30.6 Å². The van der Waals surface area contributed by atoms with E-state index in [0.717, 1.165) is 0 Å². The zero-order chi connectivity index (χ0) is 13.7. The van der Waals surface area contributed by atoms with Crippen LogP contribution in [0.5, 0.6) is 0 Å². The molecule has 0 aliphatic rings. The highest BCUT2D eigenvalue weighted by Gasteiger charge is 2.06. The Morgan fingerprint density at radius 2 is 2.26 bits per heavy atom. The van der Waals surface area contributed by atoms with E-state index in [1.807, 2.05) is 6.07 Å². The molecule has 19 heavy (non-hydrogen) atoms. The summed E-state index contributed by atoms with van der Waals surface area (Å²) in [5.41, 5.74) is 1.06. The first-order chi connectivity index (χ1) is 9.20. The summed E-state index contributed by atoms with van der Waals surface area (Å²) in [6.45, 7) is 0.258. The first kappa shape index (κ1) is 12.4. The van der Waals surface area contributed by atoms with Crippen LogP contribution in [-0.2, 0) is 6.54 Å². The van der Waals surface area contributed by atoms with Crippen LogP contribution in [0.25, 0.3) is 0 Å². The van der Waals surface area contributed by atoms with E-state index in [1.54, 1.807) is 0 Å². The largest absolute Gasteiger partial charge is 0.478 e. The average molecular weight is 255 g/mol. The molecule has 0 radical (unpaired) electrons. The lowest BCUT2D eigenvalue weighted by molar-refractivity contribution is 0.0696. The fourth-order valence-electron chi connectivity index (χ4n) is 1.43. The molecule has 2 N–H and O–H groups in total. The number of aromatic carboxylic acids is 1. The van der Waals surface area contributed by atoms with Gasteiger partial charge in [0.05, 0.1) is 29.6 Å². The molecular formula is C12H9N5O2. The molecule has 7 heteroatoms. The van der Waals surface area contributed by atoms with Crippen molar-refractivity contribution in [1.82, 2.24) is 15.2 Å². The lowest BCUT2D eigenvalue weighted by atomic mass is 10.2. The molecule has 7 nitrogen and oxygen atoms in total. The third-order valence-corrected chi connectivity index (χ3v) is 2.34. The van der Waals surface area contributed by atoms with Gasteiger partial charge in [-0.2, -0.15) is 10.4 Å². The molecule has 0 bridgehead atoms. The molecule has 0 amide bonds. The normalized spacial score (nSPS) is 9.63. The minimum Gasteiger partial charge on any atom is -0.478 e. The number of nitrogens with zero attached hydrogens (tertiary/aromatic N) is 4. The highest BCUT2D eigenvalue weighted by Crippen LogP contribution is 2.10. The van der Waals surface area contributed by atoms with Crippen molar-refractivity contribution in [3.8, 4) is 6.07 Å². The number of nitrogens with one attached hydrogen (secondary N) is 1. The Kier molecular flexibility index (Phi) is 3.64. The zero-order valence-corrected chi connectivity index (χ0v) is 9.74. The highest BCUT2D eigenvalue weighted by atomic mass is 16.4. The predicted octanol–water partition coefficient (Wildman–Crippen LogP) is 1.05. The summed E-state index contributed by atoms with van der Waals surface area (Å²) < 4.78 is 0. The number of hydrogen-bond donors (Lipinski definition) is 2. The maximum atomic E-state index is 10.8. The molecule has 0 spiro atoms. The number of anilines is 1. The maximum absolute atomic E-state index is 10.8. The Labute approximate surface area is 108 Å². The Hall–Kier alpha value is -3.01. The second kappa shape index (κ2) is 5.55. The van der Waals surface area contributed by atoms with Crippen LogP contribution in [-0.4, -0.2) is 26.3 Å². The van der Waals surface area contributed by atoms with Crippen molar-refractivity contribution in [3.63, 3.8) is 0 Å². The van der Waals surface area contributed by atoms with E-state index < -0.39 is 5.97 Å². The number of nitriles is 1. The lowest BCUT2D eigenvalue weighted by Gasteiger charge is -2.05. The first-order valence-corrected chi connectivity index (χ1v) is 5.34. The summed E-state index contributed by atoms with van der Waals surface area (Å²) in [5.74, 6) is -0.673. The highest BCUT2D eigenvalue weighted by molar-refractivity contribution is 5.87. The van der Waals surface area contributed by atoms with Crippen LogP contribution in [0, 0.1) is 11.3 Å². The molecule has 2 aromatic heterocycles. The molecule has 0 saturated heterocycles. The number of carboxylic acid groups (broad SMARTS) is 1. The van der Waals surface area contributed by atoms with Gasteiger partial charge in [-0.25, -0.2) is 4.79 Å². The van der Waals surface area contributed by atoms with Crippen molar-refractivity contribution < 1.29 is 9.90 Å². The molecule has 2 aromatic rings. The Balaban J connectivity index is 2.13. The SMILES string of the molecule is N#Cc1ccnnc1NCc1cc(C(=O)O)ccn1. The average Bonchev–Trinajstić information content (AvgIpc) is 2.45. The van der Waals surface area contributed by atoms with Gasteiger partial charge in [0.15, 0.2) is 5.82 Å². The van der Waals surface area contributed by atoms with Crippen LogP contribution in [0.4, 0.5) is 5.82 Å². The van der Waals surface area contributed by atoms with E-state index >= 15 is 0 Å². The minimum absolute atomic E-state index is 0.159. The molecule has 0 atom stereocenters. The summed E-state index contributed by atoms with van der Waals surface area (Å²) >= 11 is 0. The summed E-state index contributed by atoms with van der Waals surface area (Å²) in [6.07, 6.45) is 2.84. The van der Waals surface area contributed by atoms with Crippen LogP contribution in [0.1, 0.15) is 21.6 Å². The Morgan fingerprint density at radius 1 is 1.42 bits per heavy atom. The maximum Gasteiger partial charge on any atom is 0.335 e. The van der Waals surface area contributed by atoms with Gasteiger partial charge in [-0.05, 0) is 18.2 Å². The molecule has 0 aromatic carbocycles. The standard InChI is InChI=1S/C12H9N5O2/c13-6-9-2-4-16-17-11(9)15-7-10-5-8(12(18)19)1-3-14-10/h1-5H,7H2,(H,15,17)(H,18,19). The minimum atomic E-state index is -1.01. The number of aromatic nitrogens is 3. The van der Waals surface area contributed by atoms with Gasteiger partial charge in [-0.1, -0.05) is 0 Å². The summed E-state index contributed by atoms with van der Waals surface area (Å²) in [5, 5.41) is 28.1. The van der Waals surface area contributed by atoms with Crippen molar-refractivity contribution in [1.29, 1.82) is 5.26 Å². The number of rotatable bonds is 4. The van der Waals surface area contributed by atoms with Crippen LogP contribution in [0.15, 0.2) is 30.6 Å². The molecule has 0 fully saturated rings. The van der Waals surface area contributed by atoms with Gasteiger partial charge in [0.1, 0.15) is 6.07 Å². The monoisotopic (exact) mass is 255 g/mol. The summed E-state index contributed by atoms with van der Waals surface area (Å²) in [4.78, 5) is 14.8. The number of hydrogen-bond acceptors (Lipinski definition) is 6. The number of carboxylic acids is 1. The van der Waals surface area contributed by atoms with Crippen LogP contribution < -0.4 is 5.32 Å².